The van der Waals surface area contributed by atoms with Crippen molar-refractivity contribution in [3.05, 3.63) is 96.7 Å². The van der Waals surface area contributed by atoms with E-state index in [1.807, 2.05) is 19.9 Å². The summed E-state index contributed by atoms with van der Waals surface area (Å²) in [6, 6.07) is 14.2. The summed E-state index contributed by atoms with van der Waals surface area (Å²) in [5, 5.41) is 7.52. The Morgan fingerprint density at radius 1 is 1.21 bits per heavy atom. The zero-order chi connectivity index (χ0) is 27.4. The monoisotopic (exact) mass is 618 g/mol. The molecule has 1 atom stereocenters. The van der Waals surface area contributed by atoms with Gasteiger partial charge < -0.3 is 10.1 Å². The highest BCUT2D eigenvalue weighted by Crippen LogP contribution is 2.34. The number of aromatic nitrogens is 2. The Kier molecular flexibility index (Phi) is 8.81. The molecule has 1 N–H and O–H groups in total. The number of ether oxygens (including phenoxy) is 1. The van der Waals surface area contributed by atoms with Crippen LogP contribution < -0.4 is 15.6 Å². The van der Waals surface area contributed by atoms with Crippen LogP contribution in [-0.4, -0.2) is 28.4 Å². The summed E-state index contributed by atoms with van der Waals surface area (Å²) in [5.74, 6) is -0.553. The molecule has 0 aliphatic heterocycles. The van der Waals surface area contributed by atoms with Gasteiger partial charge in [0.05, 0.1) is 32.9 Å². The van der Waals surface area contributed by atoms with E-state index in [1.165, 1.54) is 29.1 Å². The first kappa shape index (κ1) is 27.8. The van der Waals surface area contributed by atoms with Crippen molar-refractivity contribution in [1.29, 1.82) is 0 Å². The molecular weight excluding hydrogens is 598 g/mol. The molecular formula is C27H22BrCl2FN4O3. The molecule has 0 unspecified atom stereocenters. The molecule has 1 heterocycles. The van der Waals surface area contributed by atoms with Gasteiger partial charge in [-0.2, -0.15) is 9.78 Å². The average Bonchev–Trinajstić information content (AvgIpc) is 2.88. The minimum absolute atomic E-state index is 0.0219. The van der Waals surface area contributed by atoms with Gasteiger partial charge in [0, 0.05) is 10.4 Å². The van der Waals surface area contributed by atoms with Gasteiger partial charge in [0.25, 0.3) is 11.5 Å². The molecule has 0 aliphatic carbocycles. The van der Waals surface area contributed by atoms with Gasteiger partial charge in [-0.3, -0.25) is 9.59 Å². The van der Waals surface area contributed by atoms with Crippen LogP contribution in [0, 0.1) is 5.82 Å². The van der Waals surface area contributed by atoms with E-state index in [0.717, 1.165) is 10.9 Å². The number of anilines is 1. The van der Waals surface area contributed by atoms with Crippen molar-refractivity contribution in [3.63, 3.8) is 0 Å². The summed E-state index contributed by atoms with van der Waals surface area (Å²) in [7, 11) is 0. The quantitative estimate of drug-likeness (QED) is 0.215. The first-order chi connectivity index (χ1) is 18.2. The van der Waals surface area contributed by atoms with Crippen molar-refractivity contribution in [2.75, 3.05) is 11.9 Å². The van der Waals surface area contributed by atoms with Crippen molar-refractivity contribution in [2.45, 2.75) is 26.2 Å². The van der Waals surface area contributed by atoms with Gasteiger partial charge in [-0.15, -0.1) is 0 Å². The number of hydrogen-bond donors (Lipinski definition) is 1. The topological polar surface area (TPSA) is 85.6 Å². The highest BCUT2D eigenvalue weighted by atomic mass is 79.9. The highest BCUT2D eigenvalue weighted by Gasteiger charge is 2.16. The van der Waals surface area contributed by atoms with E-state index in [2.05, 4.69) is 31.3 Å². The number of carbonyl (C=O) groups is 1. The van der Waals surface area contributed by atoms with Gasteiger partial charge in [-0.25, -0.2) is 9.37 Å². The smallest absolute Gasteiger partial charge is 0.282 e. The number of nitrogens with one attached hydrogen (secondary N) is 1. The van der Waals surface area contributed by atoms with Crippen LogP contribution in [0.25, 0.3) is 10.9 Å². The van der Waals surface area contributed by atoms with Crippen molar-refractivity contribution in [3.8, 4) is 5.75 Å². The van der Waals surface area contributed by atoms with Crippen LogP contribution in [-0.2, 0) is 4.79 Å². The molecule has 7 nitrogen and oxygen atoms in total. The van der Waals surface area contributed by atoms with Crippen LogP contribution in [0.3, 0.4) is 0 Å². The predicted octanol–water partition coefficient (Wildman–Crippen LogP) is 7.02. The van der Waals surface area contributed by atoms with E-state index in [0.29, 0.717) is 22.3 Å². The maximum atomic E-state index is 13.8. The molecule has 0 aliphatic rings. The molecule has 1 aromatic heterocycles. The van der Waals surface area contributed by atoms with E-state index >= 15 is 0 Å². The van der Waals surface area contributed by atoms with Crippen LogP contribution in [0.4, 0.5) is 10.1 Å². The summed E-state index contributed by atoms with van der Waals surface area (Å²) >= 11 is 16.1. The molecule has 0 bridgehead atoms. The van der Waals surface area contributed by atoms with E-state index in [9.17, 15) is 14.0 Å². The Bertz CT molecular complexity index is 1590. The van der Waals surface area contributed by atoms with E-state index < -0.39 is 18.3 Å². The lowest BCUT2D eigenvalue weighted by atomic mass is 10.1. The van der Waals surface area contributed by atoms with Crippen molar-refractivity contribution >= 4 is 67.8 Å². The van der Waals surface area contributed by atoms with Gasteiger partial charge in [0.1, 0.15) is 11.6 Å². The van der Waals surface area contributed by atoms with E-state index in [1.54, 1.807) is 30.3 Å². The fraction of sp³-hybridized carbons (Fsp3) is 0.185. The fourth-order valence-electron chi connectivity index (χ4n) is 3.58. The van der Waals surface area contributed by atoms with Gasteiger partial charge in [0.2, 0.25) is 0 Å². The third kappa shape index (κ3) is 6.23. The maximum absolute atomic E-state index is 13.8. The molecule has 11 heteroatoms. The number of nitrogens with zero attached hydrogens (tertiary/aromatic N) is 3. The van der Waals surface area contributed by atoms with Crippen LogP contribution in [0.1, 0.15) is 37.6 Å². The Morgan fingerprint density at radius 3 is 2.61 bits per heavy atom. The fourth-order valence-corrected chi connectivity index (χ4v) is 4.56. The Labute approximate surface area is 236 Å². The first-order valence-electron chi connectivity index (χ1n) is 11.6. The lowest BCUT2D eigenvalue weighted by Crippen LogP contribution is -2.23. The lowest BCUT2D eigenvalue weighted by molar-refractivity contribution is -0.118. The number of halogens is 4. The zero-order valence-electron chi connectivity index (χ0n) is 20.3. The van der Waals surface area contributed by atoms with Gasteiger partial charge >= 0.3 is 0 Å². The molecule has 4 rings (SSSR count). The third-order valence-electron chi connectivity index (χ3n) is 5.72. The Balaban J connectivity index is 1.58. The number of rotatable bonds is 8. The van der Waals surface area contributed by atoms with Gasteiger partial charge in [-0.05, 0) is 54.4 Å². The molecule has 0 radical (unpaired) electrons. The number of hydrogen-bond acceptors (Lipinski definition) is 5. The average molecular weight is 620 g/mol. The van der Waals surface area contributed by atoms with Crippen molar-refractivity contribution in [1.82, 2.24) is 9.66 Å². The van der Waals surface area contributed by atoms with E-state index in [-0.39, 0.29) is 33.0 Å². The second kappa shape index (κ2) is 12.1. The normalized spacial score (nSPS) is 12.2. The van der Waals surface area contributed by atoms with Crippen molar-refractivity contribution < 1.29 is 13.9 Å². The minimum Gasteiger partial charge on any atom is -0.481 e. The highest BCUT2D eigenvalue weighted by molar-refractivity contribution is 9.10. The molecule has 38 heavy (non-hydrogen) atoms. The second-order valence-electron chi connectivity index (χ2n) is 8.43. The number of fused-ring (bicyclic) bond motifs is 1. The van der Waals surface area contributed by atoms with Crippen LogP contribution in [0.5, 0.6) is 5.75 Å². The van der Waals surface area contributed by atoms with Crippen LogP contribution in [0.15, 0.2) is 69.0 Å². The van der Waals surface area contributed by atoms with Gasteiger partial charge in [0.15, 0.2) is 12.4 Å². The number of carbonyl (C=O) groups excluding carboxylic acids is 1. The molecule has 196 valence electrons. The summed E-state index contributed by atoms with van der Waals surface area (Å²) in [5.41, 5.74) is 0.819. The SMILES string of the molecule is CC[C@@H](C)c1nc2ccc(Br)cc2c(=O)n1N=Cc1cc(Cl)c(OCC(=O)Nc2ccccc2F)c(Cl)c1. The molecule has 0 spiro atoms. The molecule has 3 aromatic carbocycles. The largest absolute Gasteiger partial charge is 0.481 e. The first-order valence-corrected chi connectivity index (χ1v) is 13.2. The van der Waals surface area contributed by atoms with E-state index in [4.69, 9.17) is 27.9 Å². The number of para-hydroxylation sites is 1. The Hall–Kier alpha value is -3.27. The molecule has 0 saturated heterocycles. The molecule has 0 saturated carbocycles. The summed E-state index contributed by atoms with van der Waals surface area (Å²) < 4.78 is 21.3. The third-order valence-corrected chi connectivity index (χ3v) is 6.78. The zero-order valence-corrected chi connectivity index (χ0v) is 23.4. The lowest BCUT2D eigenvalue weighted by Gasteiger charge is -2.14. The maximum Gasteiger partial charge on any atom is 0.282 e. The number of amides is 1. The van der Waals surface area contributed by atoms with Gasteiger partial charge in [-0.1, -0.05) is 65.1 Å². The van der Waals surface area contributed by atoms with Crippen molar-refractivity contribution in [2.24, 2.45) is 5.10 Å². The van der Waals surface area contributed by atoms with Crippen LogP contribution >= 0.6 is 39.1 Å². The predicted molar refractivity (Wildman–Crippen MR) is 152 cm³/mol. The number of benzene rings is 3. The second-order valence-corrected chi connectivity index (χ2v) is 10.2. The standard InChI is InChI=1S/C27H22BrCl2FN4O3/c1-3-15(2)26-34-22-9-8-17(28)12-18(22)27(37)35(26)32-13-16-10-19(29)25(20(30)11-16)38-14-24(36)33-23-7-5-4-6-21(23)31/h4-13,15H,3,14H2,1-2H3,(H,33,36)/t15-/m1/s1. The molecule has 1 amide bonds. The Morgan fingerprint density at radius 2 is 1.92 bits per heavy atom. The summed E-state index contributed by atoms with van der Waals surface area (Å²) in [6.07, 6.45) is 2.21. The summed E-state index contributed by atoms with van der Waals surface area (Å²) in [4.78, 5) is 30.2. The molecule has 4 aromatic rings. The summed E-state index contributed by atoms with van der Waals surface area (Å²) in [6.45, 7) is 3.54. The van der Waals surface area contributed by atoms with Crippen LogP contribution in [0.2, 0.25) is 10.0 Å². The minimum atomic E-state index is -0.583. The molecule has 0 fully saturated rings.